The maximum Gasteiger partial charge on any atom is 0.251 e. The van der Waals surface area contributed by atoms with Crippen LogP contribution in [0.2, 0.25) is 0 Å². The first-order valence-corrected chi connectivity index (χ1v) is 12.1. The van der Waals surface area contributed by atoms with Crippen molar-refractivity contribution in [3.05, 3.63) is 30.0 Å². The topological polar surface area (TPSA) is 103 Å². The molecule has 2 aromatic rings. The lowest BCUT2D eigenvalue weighted by atomic mass is 10.0. The number of benzene rings is 1. The minimum Gasteiger partial charge on any atom is -0.495 e. The Morgan fingerprint density at radius 3 is 2.60 bits per heavy atom. The highest BCUT2D eigenvalue weighted by Crippen LogP contribution is 2.33. The molecule has 2 amide bonds. The summed E-state index contributed by atoms with van der Waals surface area (Å²) in [5.74, 6) is 1.55. The van der Waals surface area contributed by atoms with Crippen molar-refractivity contribution in [3.63, 3.8) is 0 Å². The SMILES string of the molecule is COc1cc(C(=O)NC2CCN(C)CC2)ccc1Nc1ncc2c(n1)N(C(C)C)CCC(=O)N2C. The molecule has 3 heterocycles. The molecule has 1 fully saturated rings. The van der Waals surface area contributed by atoms with Crippen LogP contribution in [-0.2, 0) is 4.79 Å². The summed E-state index contributed by atoms with van der Waals surface area (Å²) in [5, 5.41) is 6.35. The van der Waals surface area contributed by atoms with Crippen molar-refractivity contribution in [2.75, 3.05) is 56.0 Å². The van der Waals surface area contributed by atoms with E-state index in [1.807, 2.05) is 0 Å². The molecule has 4 rings (SSSR count). The first kappa shape index (κ1) is 24.7. The van der Waals surface area contributed by atoms with Gasteiger partial charge in [-0.05, 0) is 65.0 Å². The number of fused-ring (bicyclic) bond motifs is 1. The molecule has 0 aliphatic carbocycles. The molecule has 0 radical (unpaired) electrons. The monoisotopic (exact) mass is 481 g/mol. The van der Waals surface area contributed by atoms with Crippen LogP contribution < -0.4 is 25.2 Å². The zero-order chi connectivity index (χ0) is 25.1. The van der Waals surface area contributed by atoms with Gasteiger partial charge in [-0.3, -0.25) is 9.59 Å². The van der Waals surface area contributed by atoms with Gasteiger partial charge < -0.3 is 30.1 Å². The number of methoxy groups -OCH3 is 1. The third-order valence-corrected chi connectivity index (χ3v) is 6.71. The lowest BCUT2D eigenvalue weighted by molar-refractivity contribution is -0.118. The first-order valence-electron chi connectivity index (χ1n) is 12.1. The fourth-order valence-corrected chi connectivity index (χ4v) is 4.48. The molecular weight excluding hydrogens is 446 g/mol. The van der Waals surface area contributed by atoms with Crippen molar-refractivity contribution in [3.8, 4) is 5.75 Å². The van der Waals surface area contributed by atoms with E-state index in [0.29, 0.717) is 47.4 Å². The Hall–Kier alpha value is -3.40. The number of ether oxygens (including phenoxy) is 1. The molecule has 35 heavy (non-hydrogen) atoms. The fraction of sp³-hybridized carbons (Fsp3) is 0.520. The van der Waals surface area contributed by atoms with Crippen LogP contribution in [0, 0.1) is 0 Å². The predicted molar refractivity (Wildman–Crippen MR) is 137 cm³/mol. The van der Waals surface area contributed by atoms with Gasteiger partial charge in [0, 0.05) is 37.7 Å². The second-order valence-electron chi connectivity index (χ2n) is 9.48. The van der Waals surface area contributed by atoms with Gasteiger partial charge in [0.05, 0.1) is 19.0 Å². The molecule has 1 aromatic carbocycles. The number of piperidine rings is 1. The van der Waals surface area contributed by atoms with Crippen LogP contribution in [0.15, 0.2) is 24.4 Å². The summed E-state index contributed by atoms with van der Waals surface area (Å²) < 4.78 is 5.57. The van der Waals surface area contributed by atoms with Crippen LogP contribution in [-0.4, -0.2) is 79.6 Å². The highest BCUT2D eigenvalue weighted by molar-refractivity contribution is 5.97. The van der Waals surface area contributed by atoms with Gasteiger partial charge in [-0.15, -0.1) is 0 Å². The van der Waals surface area contributed by atoms with Gasteiger partial charge in [0.2, 0.25) is 11.9 Å². The van der Waals surface area contributed by atoms with Crippen LogP contribution in [0.5, 0.6) is 5.75 Å². The van der Waals surface area contributed by atoms with Crippen LogP contribution in [0.1, 0.15) is 43.5 Å². The summed E-state index contributed by atoms with van der Waals surface area (Å²) >= 11 is 0. The predicted octanol–water partition coefficient (Wildman–Crippen LogP) is 2.63. The van der Waals surface area contributed by atoms with Gasteiger partial charge in [0.25, 0.3) is 5.91 Å². The summed E-state index contributed by atoms with van der Waals surface area (Å²) in [4.78, 5) is 40.4. The van der Waals surface area contributed by atoms with E-state index in [9.17, 15) is 9.59 Å². The van der Waals surface area contributed by atoms with Crippen molar-refractivity contribution < 1.29 is 14.3 Å². The van der Waals surface area contributed by atoms with E-state index in [0.717, 1.165) is 25.9 Å². The minimum absolute atomic E-state index is 0.0366. The molecule has 2 N–H and O–H groups in total. The van der Waals surface area contributed by atoms with E-state index in [1.165, 1.54) is 0 Å². The third kappa shape index (κ3) is 5.48. The van der Waals surface area contributed by atoms with Crippen molar-refractivity contribution in [2.45, 2.75) is 45.2 Å². The molecule has 1 aromatic heterocycles. The normalized spacial score (nSPS) is 17.3. The number of hydrogen-bond donors (Lipinski definition) is 2. The molecular formula is C25H35N7O3. The molecule has 10 nitrogen and oxygen atoms in total. The van der Waals surface area contributed by atoms with Gasteiger partial charge in [0.1, 0.15) is 11.4 Å². The molecule has 10 heteroatoms. The molecule has 0 saturated carbocycles. The maximum atomic E-state index is 12.8. The smallest absolute Gasteiger partial charge is 0.251 e. The fourth-order valence-electron chi connectivity index (χ4n) is 4.48. The van der Waals surface area contributed by atoms with Crippen molar-refractivity contribution in [2.24, 2.45) is 0 Å². The van der Waals surface area contributed by atoms with Crippen molar-refractivity contribution in [1.29, 1.82) is 0 Å². The van der Waals surface area contributed by atoms with E-state index < -0.39 is 0 Å². The zero-order valence-corrected chi connectivity index (χ0v) is 21.2. The summed E-state index contributed by atoms with van der Waals surface area (Å²) in [6.45, 7) is 6.71. The Bertz CT molecular complexity index is 1080. The van der Waals surface area contributed by atoms with E-state index in [-0.39, 0.29) is 23.9 Å². The van der Waals surface area contributed by atoms with Crippen molar-refractivity contribution >= 4 is 35.0 Å². The van der Waals surface area contributed by atoms with E-state index in [1.54, 1.807) is 43.5 Å². The average molecular weight is 482 g/mol. The number of carbonyl (C=O) groups excluding carboxylic acids is 2. The minimum atomic E-state index is -0.106. The summed E-state index contributed by atoms with van der Waals surface area (Å²) in [6, 6.07) is 5.65. The maximum absolute atomic E-state index is 12.8. The van der Waals surface area contributed by atoms with E-state index in [2.05, 4.69) is 46.3 Å². The first-order chi connectivity index (χ1) is 16.8. The molecule has 0 unspecified atom stereocenters. The molecule has 2 aliphatic heterocycles. The van der Waals surface area contributed by atoms with Crippen LogP contribution in [0.3, 0.4) is 0 Å². The van der Waals surface area contributed by atoms with Crippen LogP contribution in [0.25, 0.3) is 0 Å². The number of anilines is 4. The van der Waals surface area contributed by atoms with Crippen LogP contribution in [0.4, 0.5) is 23.1 Å². The standard InChI is InChI=1S/C25H35N7O3/c1-16(2)32-13-10-22(33)31(4)20-15-26-25(29-23(20)32)28-19-7-6-17(14-21(19)35-5)24(34)27-18-8-11-30(3)12-9-18/h6-7,14-16,18H,8-13H2,1-5H3,(H,27,34)(H,26,28,29). The number of rotatable bonds is 6. The Balaban J connectivity index is 1.54. The molecule has 2 aliphatic rings. The van der Waals surface area contributed by atoms with Crippen molar-refractivity contribution in [1.82, 2.24) is 20.2 Å². The molecule has 1 saturated heterocycles. The van der Waals surface area contributed by atoms with Gasteiger partial charge in [0.15, 0.2) is 5.82 Å². The van der Waals surface area contributed by atoms with Gasteiger partial charge in [-0.1, -0.05) is 0 Å². The molecule has 0 bridgehead atoms. The molecule has 0 atom stereocenters. The summed E-state index contributed by atoms with van der Waals surface area (Å²) in [5.41, 5.74) is 1.87. The Morgan fingerprint density at radius 2 is 1.91 bits per heavy atom. The molecule has 0 spiro atoms. The third-order valence-electron chi connectivity index (χ3n) is 6.71. The number of aromatic nitrogens is 2. The largest absolute Gasteiger partial charge is 0.495 e. The average Bonchev–Trinajstić information content (AvgIpc) is 2.97. The summed E-state index contributed by atoms with van der Waals surface area (Å²) in [7, 11) is 5.42. The number of likely N-dealkylation sites (tertiary alicyclic amines) is 1. The number of nitrogens with one attached hydrogen (secondary N) is 2. The van der Waals surface area contributed by atoms with Gasteiger partial charge >= 0.3 is 0 Å². The Labute approximate surface area is 206 Å². The number of hydrogen-bond acceptors (Lipinski definition) is 8. The van der Waals surface area contributed by atoms with E-state index >= 15 is 0 Å². The van der Waals surface area contributed by atoms with Gasteiger partial charge in [-0.25, -0.2) is 4.98 Å². The highest BCUT2D eigenvalue weighted by atomic mass is 16.5. The lowest BCUT2D eigenvalue weighted by Crippen LogP contribution is -2.43. The lowest BCUT2D eigenvalue weighted by Gasteiger charge is -2.29. The Morgan fingerprint density at radius 1 is 1.17 bits per heavy atom. The van der Waals surface area contributed by atoms with Gasteiger partial charge in [-0.2, -0.15) is 4.98 Å². The highest BCUT2D eigenvalue weighted by Gasteiger charge is 2.27. The second-order valence-corrected chi connectivity index (χ2v) is 9.48. The zero-order valence-electron chi connectivity index (χ0n) is 21.2. The number of carbonyl (C=O) groups is 2. The van der Waals surface area contributed by atoms with E-state index in [4.69, 9.17) is 9.72 Å². The quantitative estimate of drug-likeness (QED) is 0.649. The number of nitrogens with zero attached hydrogens (tertiary/aromatic N) is 5. The number of amides is 2. The Kier molecular flexibility index (Phi) is 7.39. The second kappa shape index (κ2) is 10.5. The molecule has 188 valence electrons. The van der Waals surface area contributed by atoms with Crippen LogP contribution >= 0.6 is 0 Å². The summed E-state index contributed by atoms with van der Waals surface area (Å²) in [6.07, 6.45) is 3.98.